The van der Waals surface area contributed by atoms with E-state index in [2.05, 4.69) is 45.5 Å². The fourth-order valence-corrected chi connectivity index (χ4v) is 3.79. The Morgan fingerprint density at radius 2 is 2.07 bits per heavy atom. The molecule has 2 saturated heterocycles. The Balaban J connectivity index is 1.96. The van der Waals surface area contributed by atoms with Crippen molar-refractivity contribution < 1.29 is 0 Å². The molecule has 4 rings (SSSR count). The molecule has 2 bridgehead atoms. The summed E-state index contributed by atoms with van der Waals surface area (Å²) in [6.45, 7) is 0. The lowest BCUT2D eigenvalue weighted by Crippen LogP contribution is -2.59. The molecule has 0 amide bonds. The summed E-state index contributed by atoms with van der Waals surface area (Å²) in [7, 11) is 0. The van der Waals surface area contributed by atoms with Gasteiger partial charge in [0.05, 0.1) is 0 Å². The summed E-state index contributed by atoms with van der Waals surface area (Å²) in [5, 5.41) is 3.78. The topological polar surface area (TPSA) is 12.0 Å². The zero-order chi connectivity index (χ0) is 10.3. The van der Waals surface area contributed by atoms with Crippen molar-refractivity contribution in [1.29, 1.82) is 0 Å². The van der Waals surface area contributed by atoms with Crippen molar-refractivity contribution in [2.24, 2.45) is 0 Å². The molecular weight excluding hydrogens is 250 g/mol. The van der Waals surface area contributed by atoms with Gasteiger partial charge in [-0.2, -0.15) is 0 Å². The van der Waals surface area contributed by atoms with E-state index in [0.717, 1.165) is 6.04 Å². The van der Waals surface area contributed by atoms with Crippen LogP contribution in [0.1, 0.15) is 37.7 Å². The van der Waals surface area contributed by atoms with E-state index in [0.29, 0.717) is 5.54 Å². The molecule has 2 unspecified atom stereocenters. The molecule has 0 radical (unpaired) electrons. The summed E-state index contributed by atoms with van der Waals surface area (Å²) in [6, 6.07) is 9.44. The third-order valence-corrected chi connectivity index (χ3v) is 4.56. The fraction of sp³-hybridized carbons (Fsp3) is 0.538. The molecule has 2 atom stereocenters. The number of hydrogen-bond acceptors (Lipinski definition) is 1. The highest BCUT2D eigenvalue weighted by Crippen LogP contribution is 2.46. The summed E-state index contributed by atoms with van der Waals surface area (Å²) < 4.78 is 1.26. The van der Waals surface area contributed by atoms with E-state index in [4.69, 9.17) is 0 Å². The van der Waals surface area contributed by atoms with Gasteiger partial charge in [0.25, 0.3) is 0 Å². The van der Waals surface area contributed by atoms with Gasteiger partial charge in [0.2, 0.25) is 0 Å². The average molecular weight is 266 g/mol. The summed E-state index contributed by atoms with van der Waals surface area (Å²) in [5.41, 5.74) is 1.75. The van der Waals surface area contributed by atoms with Crippen LogP contribution in [0.5, 0.6) is 0 Å². The number of halogens is 1. The van der Waals surface area contributed by atoms with Crippen LogP contribution in [0, 0.1) is 0 Å². The smallest absolute Gasteiger partial charge is 0.0462 e. The Morgan fingerprint density at radius 1 is 1.27 bits per heavy atom. The highest BCUT2D eigenvalue weighted by atomic mass is 79.9. The first-order chi connectivity index (χ1) is 7.30. The lowest BCUT2D eigenvalue weighted by molar-refractivity contribution is 0.137. The summed E-state index contributed by atoms with van der Waals surface area (Å²) >= 11 is 3.68. The maximum atomic E-state index is 3.78. The molecule has 3 aliphatic rings. The van der Waals surface area contributed by atoms with Crippen LogP contribution < -0.4 is 5.32 Å². The lowest BCUT2D eigenvalue weighted by Gasteiger charge is -2.48. The average Bonchev–Trinajstić information content (AvgIpc) is 2.50. The molecule has 2 heterocycles. The molecule has 1 aliphatic carbocycles. The first-order valence-corrected chi connectivity index (χ1v) is 6.62. The third-order valence-electron chi connectivity index (χ3n) is 3.87. The van der Waals surface area contributed by atoms with E-state index < -0.39 is 0 Å². The number of hydrogen-bond donors (Lipinski definition) is 1. The van der Waals surface area contributed by atoms with E-state index in [1.807, 2.05) is 0 Å². The highest BCUT2D eigenvalue weighted by Gasteiger charge is 2.46. The molecule has 15 heavy (non-hydrogen) atoms. The van der Waals surface area contributed by atoms with Crippen LogP contribution >= 0.6 is 15.9 Å². The van der Waals surface area contributed by atoms with Gasteiger partial charge in [0, 0.05) is 16.1 Å². The van der Waals surface area contributed by atoms with Gasteiger partial charge in [-0.25, -0.2) is 0 Å². The second-order valence-electron chi connectivity index (χ2n) is 4.85. The molecule has 2 aliphatic heterocycles. The van der Waals surface area contributed by atoms with Gasteiger partial charge in [-0.3, -0.25) is 0 Å². The Morgan fingerprint density at radius 3 is 2.87 bits per heavy atom. The van der Waals surface area contributed by atoms with Crippen LogP contribution in [0.3, 0.4) is 0 Å². The minimum Gasteiger partial charge on any atom is -0.304 e. The quantitative estimate of drug-likeness (QED) is 0.819. The molecule has 3 fully saturated rings. The van der Waals surface area contributed by atoms with Gasteiger partial charge >= 0.3 is 0 Å². The third kappa shape index (κ3) is 1.55. The van der Waals surface area contributed by atoms with Crippen molar-refractivity contribution in [2.45, 2.75) is 43.7 Å². The molecular formula is C13H16BrN. The largest absolute Gasteiger partial charge is 0.304 e. The SMILES string of the molecule is Brc1ccccc1C12CCCCC(C1)N2. The van der Waals surface area contributed by atoms with Crippen LogP contribution in [-0.4, -0.2) is 6.04 Å². The van der Waals surface area contributed by atoms with Gasteiger partial charge in [-0.15, -0.1) is 0 Å². The van der Waals surface area contributed by atoms with Gasteiger partial charge < -0.3 is 5.32 Å². The van der Waals surface area contributed by atoms with E-state index in [1.165, 1.54) is 42.1 Å². The number of benzene rings is 1. The van der Waals surface area contributed by atoms with Gasteiger partial charge in [-0.05, 0) is 30.9 Å². The monoisotopic (exact) mass is 265 g/mol. The van der Waals surface area contributed by atoms with E-state index >= 15 is 0 Å². The first kappa shape index (κ1) is 9.86. The minimum atomic E-state index is 0.293. The maximum Gasteiger partial charge on any atom is 0.0462 e. The van der Waals surface area contributed by atoms with E-state index in [9.17, 15) is 0 Å². The lowest BCUT2D eigenvalue weighted by atomic mass is 9.75. The van der Waals surface area contributed by atoms with Crippen molar-refractivity contribution in [1.82, 2.24) is 5.32 Å². The molecule has 0 aromatic heterocycles. The molecule has 1 nitrogen and oxygen atoms in total. The van der Waals surface area contributed by atoms with Gasteiger partial charge in [-0.1, -0.05) is 47.0 Å². The summed E-state index contributed by atoms with van der Waals surface area (Å²) in [4.78, 5) is 0. The van der Waals surface area contributed by atoms with Crippen molar-refractivity contribution in [2.75, 3.05) is 0 Å². The van der Waals surface area contributed by atoms with Crippen molar-refractivity contribution in [3.63, 3.8) is 0 Å². The molecule has 1 saturated carbocycles. The second kappa shape index (κ2) is 3.60. The Hall–Kier alpha value is -0.340. The van der Waals surface area contributed by atoms with E-state index in [-0.39, 0.29) is 0 Å². The molecule has 1 aromatic rings. The fourth-order valence-electron chi connectivity index (χ4n) is 3.13. The van der Waals surface area contributed by atoms with Crippen LogP contribution in [0.15, 0.2) is 28.7 Å². The standard InChI is InChI=1S/C13H16BrN/c14-12-7-2-1-6-11(12)13-8-4-3-5-10(9-13)15-13/h1-2,6-7,10,15H,3-5,8-9H2. The zero-order valence-electron chi connectivity index (χ0n) is 8.80. The van der Waals surface area contributed by atoms with Gasteiger partial charge in [0.15, 0.2) is 0 Å². The minimum absolute atomic E-state index is 0.293. The summed E-state index contributed by atoms with van der Waals surface area (Å²) in [5.74, 6) is 0. The van der Waals surface area contributed by atoms with Crippen LogP contribution in [0.4, 0.5) is 0 Å². The molecule has 1 aromatic carbocycles. The first-order valence-electron chi connectivity index (χ1n) is 5.83. The predicted molar refractivity (Wildman–Crippen MR) is 65.8 cm³/mol. The summed E-state index contributed by atoms with van der Waals surface area (Å²) in [6.07, 6.45) is 6.75. The maximum absolute atomic E-state index is 3.78. The number of rotatable bonds is 1. The van der Waals surface area contributed by atoms with Crippen LogP contribution in [-0.2, 0) is 5.54 Å². The Bertz CT molecular complexity index is 363. The van der Waals surface area contributed by atoms with Gasteiger partial charge in [0.1, 0.15) is 0 Å². The van der Waals surface area contributed by atoms with Crippen molar-refractivity contribution in [3.05, 3.63) is 34.3 Å². The van der Waals surface area contributed by atoms with Crippen molar-refractivity contribution in [3.8, 4) is 0 Å². The van der Waals surface area contributed by atoms with Crippen molar-refractivity contribution >= 4 is 15.9 Å². The predicted octanol–water partition coefficient (Wildman–Crippen LogP) is 3.58. The van der Waals surface area contributed by atoms with Crippen LogP contribution in [0.2, 0.25) is 0 Å². The zero-order valence-corrected chi connectivity index (χ0v) is 10.4. The molecule has 80 valence electrons. The Kier molecular flexibility index (Phi) is 2.37. The molecule has 1 N–H and O–H groups in total. The molecule has 0 spiro atoms. The number of fused-ring (bicyclic) bond motifs is 3. The number of nitrogens with one attached hydrogen (secondary N) is 1. The van der Waals surface area contributed by atoms with Crippen LogP contribution in [0.25, 0.3) is 0 Å². The normalized spacial score (nSPS) is 34.3. The molecule has 2 heteroatoms. The highest BCUT2D eigenvalue weighted by molar-refractivity contribution is 9.10. The van der Waals surface area contributed by atoms with E-state index in [1.54, 1.807) is 0 Å². The Labute approximate surface area is 99.4 Å². The second-order valence-corrected chi connectivity index (χ2v) is 5.71.